The number of hydrogen-bond donors (Lipinski definition) is 0. The number of rotatable bonds is 9. The average molecular weight is 1050 g/mol. The first-order chi connectivity index (χ1) is 35.8. The van der Waals surface area contributed by atoms with Crippen molar-refractivity contribution in [3.63, 3.8) is 0 Å². The van der Waals surface area contributed by atoms with E-state index >= 15 is 0 Å². The minimum absolute atomic E-state index is 0. The van der Waals surface area contributed by atoms with Gasteiger partial charge in [0.15, 0.2) is 0 Å². The van der Waals surface area contributed by atoms with Crippen molar-refractivity contribution in [2.45, 2.75) is 72.6 Å². The van der Waals surface area contributed by atoms with Crippen LogP contribution >= 0.6 is 0 Å². The Labute approximate surface area is 419 Å². The van der Waals surface area contributed by atoms with E-state index < -0.39 is 60.0 Å². The van der Waals surface area contributed by atoms with Gasteiger partial charge in [-0.25, -0.2) is 4.98 Å². The van der Waals surface area contributed by atoms with Crippen LogP contribution < -0.4 is 13.9 Å². The van der Waals surface area contributed by atoms with Crippen molar-refractivity contribution in [1.82, 2.24) is 18.7 Å². The molecule has 5 nitrogen and oxygen atoms in total. The molecule has 0 spiro atoms. The van der Waals surface area contributed by atoms with Crippen LogP contribution in [0.5, 0.6) is 11.5 Å². The van der Waals surface area contributed by atoms with Gasteiger partial charge in [0.05, 0.1) is 23.5 Å². The Morgan fingerprint density at radius 3 is 2.14 bits per heavy atom. The summed E-state index contributed by atoms with van der Waals surface area (Å²) in [5, 5.41) is 1.99. The molecule has 7 aromatic carbocycles. The molecule has 0 saturated heterocycles. The summed E-state index contributed by atoms with van der Waals surface area (Å²) in [4.78, 5) is 4.84. The first-order valence-corrected chi connectivity index (χ1v) is 21.8. The summed E-state index contributed by atoms with van der Waals surface area (Å²) >= 11 is 0. The van der Waals surface area contributed by atoms with Gasteiger partial charge < -0.3 is 9.30 Å². The maximum absolute atomic E-state index is 9.61. The zero-order valence-corrected chi connectivity index (χ0v) is 40.3. The van der Waals surface area contributed by atoms with E-state index in [1.165, 1.54) is 6.07 Å². The zero-order chi connectivity index (χ0) is 54.7. The summed E-state index contributed by atoms with van der Waals surface area (Å²) in [7, 11) is 0. The molecule has 328 valence electrons. The Hall–Kier alpha value is -6.64. The Kier molecular flexibility index (Phi) is 8.79. The second-order valence-corrected chi connectivity index (χ2v) is 18.6. The van der Waals surface area contributed by atoms with E-state index in [4.69, 9.17) is 17.9 Å². The van der Waals surface area contributed by atoms with Crippen LogP contribution in [0.3, 0.4) is 0 Å². The topological polar surface area (TPSA) is 33.1 Å². The predicted molar refractivity (Wildman–Crippen MR) is 270 cm³/mol. The third kappa shape index (κ3) is 8.39. The summed E-state index contributed by atoms with van der Waals surface area (Å²) < 4.78 is 111. The van der Waals surface area contributed by atoms with E-state index in [9.17, 15) is 6.85 Å². The van der Waals surface area contributed by atoms with Crippen molar-refractivity contribution in [1.29, 1.82) is 0 Å². The van der Waals surface area contributed by atoms with E-state index in [2.05, 4.69) is 82.4 Å². The van der Waals surface area contributed by atoms with Crippen molar-refractivity contribution in [2.24, 2.45) is 5.92 Å². The summed E-state index contributed by atoms with van der Waals surface area (Å²) in [6, 6.07) is 37.5. The summed E-state index contributed by atoms with van der Waals surface area (Å²) in [5.41, 5.74) is 4.61. The monoisotopic (exact) mass is 1050 g/mol. The van der Waals surface area contributed by atoms with Crippen LogP contribution in [-0.2, 0) is 38.3 Å². The van der Waals surface area contributed by atoms with Gasteiger partial charge in [0.25, 0.3) is 5.69 Å². The minimum Gasteiger partial charge on any atom is -0.509 e. The van der Waals surface area contributed by atoms with Gasteiger partial charge in [0.1, 0.15) is 11.5 Å². The van der Waals surface area contributed by atoms with E-state index in [1.54, 1.807) is 59.4 Å². The molecule has 1 aliphatic rings. The van der Waals surface area contributed by atoms with Crippen LogP contribution in [0.2, 0.25) is 0 Å². The molecule has 0 saturated carbocycles. The van der Waals surface area contributed by atoms with Gasteiger partial charge in [0.2, 0.25) is 5.69 Å². The molecule has 9 aromatic rings. The van der Waals surface area contributed by atoms with Crippen LogP contribution in [0.15, 0.2) is 164 Å². The molecule has 0 bridgehead atoms. The van der Waals surface area contributed by atoms with Gasteiger partial charge in [-0.05, 0) is 80.1 Å². The first kappa shape index (κ1) is 32.9. The normalized spacial score (nSPS) is 15.1. The molecule has 2 aromatic heterocycles. The van der Waals surface area contributed by atoms with Crippen molar-refractivity contribution < 1.29 is 40.9 Å². The maximum Gasteiger partial charge on any atom is 2.00 e. The van der Waals surface area contributed by atoms with Gasteiger partial charge >= 0.3 is 32.8 Å². The van der Waals surface area contributed by atoms with Crippen LogP contribution in [0.25, 0.3) is 49.9 Å². The maximum atomic E-state index is 9.61. The molecule has 0 aliphatic carbocycles. The van der Waals surface area contributed by atoms with Crippen molar-refractivity contribution >= 4 is 50.6 Å². The fourth-order valence-corrected chi connectivity index (χ4v) is 8.35. The molecule has 0 radical (unpaired) electrons. The average Bonchev–Trinajstić information content (AvgIpc) is 3.95. The fraction of sp³-hybridized carbons (Fsp3) is 0.200. The van der Waals surface area contributed by atoms with Crippen LogP contribution in [0.1, 0.15) is 87.2 Å². The van der Waals surface area contributed by atoms with Gasteiger partial charge in [-0.2, -0.15) is 6.07 Å². The number of ether oxygens (including phenoxy) is 1. The molecule has 66 heavy (non-hydrogen) atoms. The van der Waals surface area contributed by atoms with Crippen LogP contribution in [0, 0.1) is 18.1 Å². The summed E-state index contributed by atoms with van der Waals surface area (Å²) in [6.45, 7) is 16.2. The van der Waals surface area contributed by atoms with E-state index in [1.807, 2.05) is 48.7 Å². The van der Waals surface area contributed by atoms with E-state index in [0.717, 1.165) is 38.8 Å². The van der Waals surface area contributed by atoms with E-state index in [0.29, 0.717) is 22.9 Å². The molecular weight excluding hydrogens is 988 g/mol. The summed E-state index contributed by atoms with van der Waals surface area (Å²) in [6.07, 6.45) is -0.171. The van der Waals surface area contributed by atoms with Crippen LogP contribution in [-0.4, -0.2) is 15.6 Å². The predicted octanol–water partition coefficient (Wildman–Crippen LogP) is 15.6. The number of hydrogen-bond acceptors (Lipinski definition) is 2. The number of pyridine rings is 1. The van der Waals surface area contributed by atoms with Crippen molar-refractivity contribution in [2.75, 3.05) is 0 Å². The number of aromatic nitrogens is 2. The van der Waals surface area contributed by atoms with Crippen molar-refractivity contribution in [3.05, 3.63) is 193 Å². The van der Waals surface area contributed by atoms with Crippen molar-refractivity contribution in [3.8, 4) is 39.6 Å². The Morgan fingerprint density at radius 2 is 1.39 bits per heavy atom. The molecule has 0 N–H and O–H groups in total. The third-order valence-corrected chi connectivity index (χ3v) is 11.5. The zero-order valence-electron chi connectivity index (χ0n) is 49.0. The number of nitrogens with zero attached hydrogens (tertiary/aromatic N) is 4. The number of benzene rings is 7. The minimum atomic E-state index is -2.00. The molecule has 0 atom stereocenters. The molecule has 10 rings (SSSR count). The standard InChI is InChI=1S/C60H54N4O.Pt/c1-40(2)33-43-23-17-28-54-57(43)63(58-49(41-19-11-9-12-20-41)25-18-26-50(58)42-21-13-10-14-22-42)39-62(54)46-34-45(60(6,7)8)35-48(37-46)65-47-29-30-52-51-24-15-16-27-53(51)64(55(52)38-47)56-36-44(31-32-61-56)59(3,4)5;/h9-32,34-36,40H,33H2,1-8H3;/q;+2/i9D,10D,11D,12D,13D,19D,20D,21D,22D,33D2;. The van der Waals surface area contributed by atoms with E-state index in [-0.39, 0.29) is 77.8 Å². The fourth-order valence-electron chi connectivity index (χ4n) is 8.35. The largest absolute Gasteiger partial charge is 2.00 e. The SMILES string of the molecule is [2H]c1cc([2H])c(-c2cccc(-c3c([2H])c([2H])c([2H])c([2H])c3[2H])c2[N+]2=C=[N+](c3[c-]c(Oc4[c-]c5c(cc4)c4ccccc4n5-c4cc(C(C)(C)C)ccn4)cc(C(C)(C)C)c3)c3cccc(C([2H])([2H])C(C)C)c32)c([2H])c1[2H].[Pt+2]. The van der Waals surface area contributed by atoms with Gasteiger partial charge in [-0.15, -0.1) is 29.1 Å². The molecular formula is C60H54N4OPt+2. The van der Waals surface area contributed by atoms with Gasteiger partial charge in [-0.1, -0.05) is 174 Å². The van der Waals surface area contributed by atoms with Crippen LogP contribution in [0.4, 0.5) is 22.7 Å². The molecule has 3 heterocycles. The third-order valence-electron chi connectivity index (χ3n) is 11.5. The van der Waals surface area contributed by atoms with Gasteiger partial charge in [-0.3, -0.25) is 0 Å². The molecule has 0 amide bonds. The number of para-hydroxylation sites is 3. The molecule has 6 heteroatoms. The smallest absolute Gasteiger partial charge is 0.509 e. The first-order valence-electron chi connectivity index (χ1n) is 27.3. The second kappa shape index (κ2) is 17.6. The van der Waals surface area contributed by atoms with Gasteiger partial charge in [0, 0.05) is 37.6 Å². The molecule has 1 aliphatic heterocycles. The second-order valence-electron chi connectivity index (χ2n) is 18.6. The quantitative estimate of drug-likeness (QED) is 0.107. The molecule has 0 unspecified atom stereocenters. The Morgan fingerprint density at radius 1 is 0.682 bits per heavy atom. The Bertz CT molecular complexity index is 3970. The Balaban J connectivity index is 0.00000722. The summed E-state index contributed by atoms with van der Waals surface area (Å²) in [5.74, 6) is 0.910. The molecule has 0 fully saturated rings. The number of fused-ring (bicyclic) bond motifs is 4.